The summed E-state index contributed by atoms with van der Waals surface area (Å²) in [5.74, 6) is -0.915. The van der Waals surface area contributed by atoms with Gasteiger partial charge in [-0.3, -0.25) is 9.20 Å². The van der Waals surface area contributed by atoms with E-state index in [0.29, 0.717) is 5.65 Å². The molecule has 0 unspecified atom stereocenters. The lowest BCUT2D eigenvalue weighted by molar-refractivity contribution is -0.137. The maximum atomic E-state index is 12.9. The van der Waals surface area contributed by atoms with Crippen LogP contribution in [0.25, 0.3) is 17.0 Å². The van der Waals surface area contributed by atoms with Crippen molar-refractivity contribution >= 4 is 11.6 Å². The largest absolute Gasteiger partial charge is 0.453 e. The first-order chi connectivity index (χ1) is 14.7. The van der Waals surface area contributed by atoms with Crippen molar-refractivity contribution in [1.82, 2.24) is 9.38 Å². The van der Waals surface area contributed by atoms with Crippen LogP contribution in [0.5, 0.6) is 0 Å². The number of hydrogen-bond acceptors (Lipinski definition) is 5. The van der Waals surface area contributed by atoms with E-state index >= 15 is 0 Å². The zero-order chi connectivity index (χ0) is 22.2. The lowest BCUT2D eigenvalue weighted by Gasteiger charge is -2.07. The number of furan rings is 1. The highest BCUT2D eigenvalue weighted by molar-refractivity contribution is 5.87. The number of nitrogens with zero attached hydrogens (tertiary/aromatic N) is 2. The summed E-state index contributed by atoms with van der Waals surface area (Å²) in [7, 11) is 0. The number of alkyl halides is 3. The van der Waals surface area contributed by atoms with Gasteiger partial charge in [-0.25, -0.2) is 9.78 Å². The summed E-state index contributed by atoms with van der Waals surface area (Å²) >= 11 is 0. The summed E-state index contributed by atoms with van der Waals surface area (Å²) < 4.78 is 50.6. The maximum absolute atomic E-state index is 12.9. The molecule has 1 aromatic carbocycles. The quantitative estimate of drug-likeness (QED) is 0.443. The number of halogens is 3. The topological polar surface area (TPSA) is 73.8 Å². The van der Waals surface area contributed by atoms with Gasteiger partial charge in [0, 0.05) is 17.8 Å². The fourth-order valence-electron chi connectivity index (χ4n) is 3.04. The minimum absolute atomic E-state index is 0.0933. The molecule has 0 radical (unpaired) electrons. The van der Waals surface area contributed by atoms with Crippen molar-refractivity contribution in [3.05, 3.63) is 93.7 Å². The van der Waals surface area contributed by atoms with Gasteiger partial charge in [-0.15, -0.1) is 0 Å². The summed E-state index contributed by atoms with van der Waals surface area (Å²) in [5.41, 5.74) is 0.528. The third kappa shape index (κ3) is 4.20. The van der Waals surface area contributed by atoms with Gasteiger partial charge in [-0.1, -0.05) is 18.2 Å². The van der Waals surface area contributed by atoms with Gasteiger partial charge in [0.15, 0.2) is 0 Å². The Labute approximate surface area is 173 Å². The lowest BCUT2D eigenvalue weighted by atomic mass is 10.1. The molecule has 0 amide bonds. The van der Waals surface area contributed by atoms with Crippen molar-refractivity contribution in [2.45, 2.75) is 19.7 Å². The SMILES string of the molecule is Cc1cccn2c(=O)cc(COC(=O)c3ccc(-c4cccc(C(F)(F)F)c4)o3)nc12. The summed E-state index contributed by atoms with van der Waals surface area (Å²) in [4.78, 5) is 28.8. The molecule has 4 rings (SSSR count). The Morgan fingerprint density at radius 1 is 1.13 bits per heavy atom. The van der Waals surface area contributed by atoms with E-state index in [1.807, 2.05) is 0 Å². The first-order valence-electron chi connectivity index (χ1n) is 9.15. The summed E-state index contributed by atoms with van der Waals surface area (Å²) in [6, 6.07) is 12.1. The zero-order valence-electron chi connectivity index (χ0n) is 16.1. The molecule has 0 bridgehead atoms. The van der Waals surface area contributed by atoms with E-state index in [4.69, 9.17) is 9.15 Å². The van der Waals surface area contributed by atoms with Crippen LogP contribution >= 0.6 is 0 Å². The van der Waals surface area contributed by atoms with Crippen LogP contribution in [0.3, 0.4) is 0 Å². The van der Waals surface area contributed by atoms with Crippen molar-refractivity contribution in [2.75, 3.05) is 0 Å². The molecule has 0 saturated heterocycles. The second kappa shape index (κ2) is 7.75. The predicted octanol–water partition coefficient (Wildman–Crippen LogP) is 4.64. The predicted molar refractivity (Wildman–Crippen MR) is 104 cm³/mol. The van der Waals surface area contributed by atoms with Crippen molar-refractivity contribution in [1.29, 1.82) is 0 Å². The molecule has 0 aliphatic heterocycles. The molecule has 0 saturated carbocycles. The Morgan fingerprint density at radius 2 is 1.94 bits per heavy atom. The number of esters is 1. The molecule has 0 atom stereocenters. The van der Waals surface area contributed by atoms with E-state index in [2.05, 4.69) is 4.98 Å². The van der Waals surface area contributed by atoms with Crippen LogP contribution in [0, 0.1) is 6.92 Å². The fraction of sp³-hybridized carbons (Fsp3) is 0.136. The lowest BCUT2D eigenvalue weighted by Crippen LogP contribution is -2.17. The molecule has 31 heavy (non-hydrogen) atoms. The van der Waals surface area contributed by atoms with Crippen LogP contribution in [0.15, 0.2) is 70.0 Å². The minimum atomic E-state index is -4.49. The van der Waals surface area contributed by atoms with Gasteiger partial charge >= 0.3 is 12.1 Å². The molecule has 0 aliphatic carbocycles. The van der Waals surface area contributed by atoms with Gasteiger partial charge in [-0.2, -0.15) is 13.2 Å². The van der Waals surface area contributed by atoms with E-state index in [9.17, 15) is 22.8 Å². The molecule has 0 aliphatic rings. The number of rotatable bonds is 4. The number of fused-ring (bicyclic) bond motifs is 1. The summed E-state index contributed by atoms with van der Waals surface area (Å²) in [5, 5.41) is 0. The van der Waals surface area contributed by atoms with E-state index in [1.165, 1.54) is 34.7 Å². The molecule has 0 fully saturated rings. The molecule has 4 aromatic rings. The average Bonchev–Trinajstić information content (AvgIpc) is 3.23. The van der Waals surface area contributed by atoms with Crippen LogP contribution < -0.4 is 5.56 Å². The second-order valence-corrected chi connectivity index (χ2v) is 6.79. The van der Waals surface area contributed by atoms with Crippen LogP contribution in [0.2, 0.25) is 0 Å². The number of aromatic nitrogens is 2. The first-order valence-corrected chi connectivity index (χ1v) is 9.15. The number of benzene rings is 1. The molecule has 3 heterocycles. The Bertz CT molecular complexity index is 1340. The van der Waals surface area contributed by atoms with Crippen molar-refractivity contribution in [2.24, 2.45) is 0 Å². The highest BCUT2D eigenvalue weighted by Gasteiger charge is 2.30. The Hall–Kier alpha value is -3.88. The Morgan fingerprint density at radius 3 is 2.71 bits per heavy atom. The smallest absolute Gasteiger partial charge is 0.416 e. The van der Waals surface area contributed by atoms with Gasteiger partial charge in [0.25, 0.3) is 5.56 Å². The maximum Gasteiger partial charge on any atom is 0.416 e. The van der Waals surface area contributed by atoms with E-state index in [-0.39, 0.29) is 34.9 Å². The van der Waals surface area contributed by atoms with Crippen LogP contribution in [-0.2, 0) is 17.5 Å². The van der Waals surface area contributed by atoms with Crippen molar-refractivity contribution < 1.29 is 27.1 Å². The normalized spacial score (nSPS) is 11.6. The molecule has 158 valence electrons. The first kappa shape index (κ1) is 20.4. The summed E-state index contributed by atoms with van der Waals surface area (Å²) in [6.07, 6.45) is -2.90. The van der Waals surface area contributed by atoms with Crippen molar-refractivity contribution in [3.8, 4) is 11.3 Å². The monoisotopic (exact) mass is 428 g/mol. The number of hydrogen-bond donors (Lipinski definition) is 0. The average molecular weight is 428 g/mol. The number of carbonyl (C=O) groups is 1. The molecule has 0 spiro atoms. The molecule has 0 N–H and O–H groups in total. The van der Waals surface area contributed by atoms with Gasteiger partial charge in [0.2, 0.25) is 5.76 Å². The van der Waals surface area contributed by atoms with Gasteiger partial charge in [-0.05, 0) is 42.8 Å². The van der Waals surface area contributed by atoms with E-state index < -0.39 is 17.7 Å². The third-order valence-electron chi connectivity index (χ3n) is 4.57. The number of ether oxygens (including phenoxy) is 1. The Kier molecular flexibility index (Phi) is 5.10. The number of pyridine rings is 1. The van der Waals surface area contributed by atoms with Gasteiger partial charge < -0.3 is 9.15 Å². The summed E-state index contributed by atoms with van der Waals surface area (Å²) in [6.45, 7) is 1.54. The van der Waals surface area contributed by atoms with E-state index in [0.717, 1.165) is 17.7 Å². The molecule has 6 nitrogen and oxygen atoms in total. The molecule has 3 aromatic heterocycles. The van der Waals surface area contributed by atoms with Gasteiger partial charge in [0.05, 0.1) is 11.3 Å². The van der Waals surface area contributed by atoms with Crippen molar-refractivity contribution in [3.63, 3.8) is 0 Å². The van der Waals surface area contributed by atoms with Gasteiger partial charge in [0.1, 0.15) is 18.0 Å². The zero-order valence-corrected chi connectivity index (χ0v) is 16.1. The second-order valence-electron chi connectivity index (χ2n) is 6.79. The number of carbonyl (C=O) groups excluding carboxylic acids is 1. The van der Waals surface area contributed by atoms with Crippen LogP contribution in [0.4, 0.5) is 13.2 Å². The van der Waals surface area contributed by atoms with E-state index in [1.54, 1.807) is 25.3 Å². The minimum Gasteiger partial charge on any atom is -0.453 e. The highest BCUT2D eigenvalue weighted by Crippen LogP contribution is 2.32. The van der Waals surface area contributed by atoms with Crippen LogP contribution in [0.1, 0.15) is 27.4 Å². The molecule has 9 heteroatoms. The number of aryl methyl sites for hydroxylation is 1. The third-order valence-corrected chi connectivity index (χ3v) is 4.57. The standard InChI is InChI=1S/C22H15F3N2O4/c1-13-4-3-9-27-19(28)11-16(26-20(13)27)12-30-21(29)18-8-7-17(31-18)14-5-2-6-15(10-14)22(23,24)25/h2-11H,12H2,1H3. The highest BCUT2D eigenvalue weighted by atomic mass is 19.4. The molecular weight excluding hydrogens is 413 g/mol. The van der Waals surface area contributed by atoms with Crippen LogP contribution in [-0.4, -0.2) is 15.4 Å². The Balaban J connectivity index is 1.51. The molecular formula is C22H15F3N2O4. The fourth-order valence-corrected chi connectivity index (χ4v) is 3.04.